The molecule has 2 fully saturated rings. The van der Waals surface area contributed by atoms with Crippen LogP contribution in [0.2, 0.25) is 0 Å². The summed E-state index contributed by atoms with van der Waals surface area (Å²) in [4.78, 5) is 55.6. The van der Waals surface area contributed by atoms with Gasteiger partial charge in [-0.25, -0.2) is 9.97 Å². The molecule has 3 aliphatic heterocycles. The highest BCUT2D eigenvalue weighted by molar-refractivity contribution is 6.12. The maximum absolute atomic E-state index is 13.9. The number of hydrogen-bond donors (Lipinski definition) is 2. The number of nitrogens with one attached hydrogen (secondary N) is 1. The van der Waals surface area contributed by atoms with Crippen LogP contribution in [0.4, 0.5) is 23.0 Å². The fraction of sp³-hybridized carbons (Fsp3) is 0.395. The van der Waals surface area contributed by atoms with Crippen LogP contribution in [0.15, 0.2) is 53.7 Å². The third-order valence-electron chi connectivity index (χ3n) is 10.6. The number of terminal acetylenes is 1. The molecule has 13 nitrogen and oxygen atoms in total. The van der Waals surface area contributed by atoms with E-state index in [2.05, 4.69) is 49.4 Å². The molecule has 0 radical (unpaired) electrons. The molecule has 1 atom stereocenters. The highest BCUT2D eigenvalue weighted by Gasteiger charge is 2.38. The number of primary amides is 1. The maximum atomic E-state index is 13.9. The van der Waals surface area contributed by atoms with E-state index in [1.807, 2.05) is 18.2 Å². The van der Waals surface area contributed by atoms with Crippen LogP contribution in [0.3, 0.4) is 0 Å². The SMILES string of the molecule is C#CC1CN(C2COC2)CCN1c1ccc(Nc2cc(-c3ccnc(N4CCn5c(cc6c5CC(C)(C)C6)C4=O)c3C(N)=O)cn(C)c2=O)nc1. The zero-order valence-electron chi connectivity index (χ0n) is 29.1. The molecule has 4 aliphatic rings. The van der Waals surface area contributed by atoms with Crippen LogP contribution in [-0.2, 0) is 31.2 Å². The van der Waals surface area contributed by atoms with Gasteiger partial charge in [-0.2, -0.15) is 0 Å². The monoisotopic (exact) mass is 687 g/mol. The lowest BCUT2D eigenvalue weighted by atomic mass is 9.90. The minimum atomic E-state index is -0.723. The van der Waals surface area contributed by atoms with Gasteiger partial charge in [-0.15, -0.1) is 6.42 Å². The molecular weight excluding hydrogens is 646 g/mol. The number of nitrogens with two attached hydrogens (primary N) is 1. The second-order valence-corrected chi connectivity index (χ2v) is 14.7. The van der Waals surface area contributed by atoms with Gasteiger partial charge in [0.05, 0.1) is 36.7 Å². The van der Waals surface area contributed by atoms with Gasteiger partial charge in [-0.1, -0.05) is 19.8 Å². The first-order valence-electron chi connectivity index (χ1n) is 17.3. The van der Waals surface area contributed by atoms with Crippen LogP contribution in [0.1, 0.15) is 46.0 Å². The van der Waals surface area contributed by atoms with Gasteiger partial charge in [0, 0.05) is 69.0 Å². The molecule has 51 heavy (non-hydrogen) atoms. The van der Waals surface area contributed by atoms with Gasteiger partial charge in [-0.05, 0) is 54.2 Å². The predicted octanol–water partition coefficient (Wildman–Crippen LogP) is 2.79. The summed E-state index contributed by atoms with van der Waals surface area (Å²) < 4.78 is 8.91. The number of piperazine rings is 1. The third-order valence-corrected chi connectivity index (χ3v) is 10.6. The normalized spacial score (nSPS) is 20.0. The summed E-state index contributed by atoms with van der Waals surface area (Å²) in [6, 6.07) is 9.42. The summed E-state index contributed by atoms with van der Waals surface area (Å²) >= 11 is 0. The smallest absolute Gasteiger partial charge is 0.276 e. The number of fused-ring (bicyclic) bond motifs is 3. The number of carbonyl (C=O) groups is 2. The number of amides is 2. The van der Waals surface area contributed by atoms with E-state index >= 15 is 0 Å². The molecule has 8 rings (SSSR count). The van der Waals surface area contributed by atoms with Crippen molar-refractivity contribution in [3.05, 3.63) is 81.8 Å². The number of anilines is 4. The van der Waals surface area contributed by atoms with E-state index in [0.29, 0.717) is 41.8 Å². The maximum Gasteiger partial charge on any atom is 0.276 e. The number of carbonyl (C=O) groups excluding carboxylic acids is 2. The molecule has 13 heteroatoms. The van der Waals surface area contributed by atoms with Crippen molar-refractivity contribution < 1.29 is 14.3 Å². The molecule has 0 aromatic carbocycles. The van der Waals surface area contributed by atoms with E-state index in [-0.39, 0.29) is 40.0 Å². The zero-order valence-corrected chi connectivity index (χ0v) is 29.1. The van der Waals surface area contributed by atoms with Crippen molar-refractivity contribution in [3.8, 4) is 23.5 Å². The van der Waals surface area contributed by atoms with Crippen LogP contribution >= 0.6 is 0 Å². The number of hydrogen-bond acceptors (Lipinski definition) is 9. The van der Waals surface area contributed by atoms with Crippen LogP contribution in [0.25, 0.3) is 11.1 Å². The fourth-order valence-corrected chi connectivity index (χ4v) is 7.99. The lowest BCUT2D eigenvalue weighted by Gasteiger charge is -2.45. The Morgan fingerprint density at radius 3 is 2.61 bits per heavy atom. The summed E-state index contributed by atoms with van der Waals surface area (Å²) in [7, 11) is 1.64. The lowest BCUT2D eigenvalue weighted by molar-refractivity contribution is -0.0680. The van der Waals surface area contributed by atoms with Crippen LogP contribution in [0.5, 0.6) is 0 Å². The first-order chi connectivity index (χ1) is 24.5. The lowest BCUT2D eigenvalue weighted by Crippen LogP contribution is -2.60. The Hall–Kier alpha value is -5.45. The van der Waals surface area contributed by atoms with E-state index in [0.717, 1.165) is 51.4 Å². The van der Waals surface area contributed by atoms with E-state index in [9.17, 15) is 14.4 Å². The second kappa shape index (κ2) is 12.4. The topological polar surface area (TPSA) is 144 Å². The molecule has 1 unspecified atom stereocenters. The van der Waals surface area contributed by atoms with Crippen LogP contribution < -0.4 is 26.4 Å². The number of aryl methyl sites for hydroxylation is 1. The second-order valence-electron chi connectivity index (χ2n) is 14.7. The molecule has 2 saturated heterocycles. The minimum absolute atomic E-state index is 0.0902. The molecular formula is C38H41N9O4. The average molecular weight is 688 g/mol. The van der Waals surface area contributed by atoms with E-state index < -0.39 is 5.91 Å². The Morgan fingerprint density at radius 2 is 1.90 bits per heavy atom. The predicted molar refractivity (Wildman–Crippen MR) is 194 cm³/mol. The molecule has 0 spiro atoms. The van der Waals surface area contributed by atoms with E-state index in [1.165, 1.54) is 20.7 Å². The number of aromatic nitrogens is 4. The summed E-state index contributed by atoms with van der Waals surface area (Å²) in [5.74, 6) is 2.65. The zero-order chi connectivity index (χ0) is 35.6. The summed E-state index contributed by atoms with van der Waals surface area (Å²) in [5.41, 5.74) is 11.2. The molecule has 2 amide bonds. The van der Waals surface area contributed by atoms with Crippen LogP contribution in [0, 0.1) is 17.8 Å². The Kier molecular flexibility index (Phi) is 7.96. The standard InChI is InChI=1S/C38H41N9O4/c1-5-25-20-44(27-21-51-22-27)10-11-45(25)26-6-7-32(41-18-26)42-29-14-24(19-43(4)36(29)49)28-8-9-40-35(33(28)34(39)48)47-13-12-46-30(37(47)50)15-23-16-38(2,3)17-31(23)46/h1,6-9,14-15,18-19,25,27H,10-13,16-17,20-22H2,2-4H3,(H2,39,48)(H,41,42). The van der Waals surface area contributed by atoms with Crippen molar-refractivity contribution in [1.82, 2.24) is 24.0 Å². The van der Waals surface area contributed by atoms with Crippen molar-refractivity contribution in [2.75, 3.05) is 54.5 Å². The van der Waals surface area contributed by atoms with Crippen molar-refractivity contribution in [2.24, 2.45) is 18.2 Å². The molecule has 3 N–H and O–H groups in total. The first kappa shape index (κ1) is 32.7. The summed E-state index contributed by atoms with van der Waals surface area (Å²) in [5, 5.41) is 3.16. The molecule has 4 aromatic heterocycles. The van der Waals surface area contributed by atoms with Gasteiger partial charge < -0.3 is 29.8 Å². The van der Waals surface area contributed by atoms with E-state index in [1.54, 1.807) is 37.8 Å². The van der Waals surface area contributed by atoms with Gasteiger partial charge in [0.25, 0.3) is 17.4 Å². The summed E-state index contributed by atoms with van der Waals surface area (Å²) in [6.07, 6.45) is 12.7. The number of rotatable bonds is 7. The van der Waals surface area contributed by atoms with Gasteiger partial charge in [-0.3, -0.25) is 24.2 Å². The quantitative estimate of drug-likeness (QED) is 0.281. The number of ether oxygens (including phenoxy) is 1. The van der Waals surface area contributed by atoms with Crippen LogP contribution in [-0.4, -0.2) is 87.3 Å². The number of nitrogens with zero attached hydrogens (tertiary/aromatic N) is 7. The first-order valence-corrected chi connectivity index (χ1v) is 17.3. The van der Waals surface area contributed by atoms with Gasteiger partial charge in [0.1, 0.15) is 29.1 Å². The Labute approximate surface area is 296 Å². The van der Waals surface area contributed by atoms with Crippen molar-refractivity contribution in [3.63, 3.8) is 0 Å². The minimum Gasteiger partial charge on any atom is -0.378 e. The van der Waals surface area contributed by atoms with Gasteiger partial charge >= 0.3 is 0 Å². The molecule has 7 heterocycles. The molecule has 4 aromatic rings. The van der Waals surface area contributed by atoms with Crippen molar-refractivity contribution in [1.29, 1.82) is 0 Å². The van der Waals surface area contributed by atoms with Crippen molar-refractivity contribution in [2.45, 2.75) is 45.3 Å². The van der Waals surface area contributed by atoms with Gasteiger partial charge in [0.15, 0.2) is 0 Å². The van der Waals surface area contributed by atoms with Gasteiger partial charge in [0.2, 0.25) is 0 Å². The van der Waals surface area contributed by atoms with E-state index in [4.69, 9.17) is 16.9 Å². The highest BCUT2D eigenvalue weighted by Crippen LogP contribution is 2.40. The highest BCUT2D eigenvalue weighted by atomic mass is 16.5. The molecule has 0 bridgehead atoms. The number of pyridine rings is 3. The largest absolute Gasteiger partial charge is 0.378 e. The summed E-state index contributed by atoms with van der Waals surface area (Å²) in [6.45, 7) is 9.34. The molecule has 262 valence electrons. The Bertz CT molecular complexity index is 2160. The Morgan fingerprint density at radius 1 is 1.08 bits per heavy atom. The Balaban J connectivity index is 1.06. The average Bonchev–Trinajstić information content (AvgIpc) is 3.58. The van der Waals surface area contributed by atoms with Crippen molar-refractivity contribution >= 4 is 34.8 Å². The molecule has 0 saturated carbocycles. The fourth-order valence-electron chi connectivity index (χ4n) is 7.99. The third kappa shape index (κ3) is 5.74. The molecule has 1 aliphatic carbocycles.